The summed E-state index contributed by atoms with van der Waals surface area (Å²) in [4.78, 5) is 13.3. The normalized spacial score (nSPS) is 17.8. The molecule has 2 unspecified atom stereocenters. The molecule has 0 aliphatic carbocycles. The van der Waals surface area contributed by atoms with Crippen molar-refractivity contribution in [2.45, 2.75) is 19.1 Å². The molecule has 1 N–H and O–H groups in total. The summed E-state index contributed by atoms with van der Waals surface area (Å²) >= 11 is 12.0. The number of ketones is 1. The van der Waals surface area contributed by atoms with Gasteiger partial charge in [0.15, 0.2) is 5.78 Å². The SMILES string of the molecule is CC(=O)c1ccc(OCC(O)CN2CCOC(c3cc(F)c(Cl)cc3Cl)C2)cc1.Cl. The van der Waals surface area contributed by atoms with Crippen molar-refractivity contribution in [3.63, 3.8) is 0 Å². The number of carbonyl (C=O) groups excluding carboxylic acids is 1. The van der Waals surface area contributed by atoms with Crippen LogP contribution in [0.4, 0.5) is 4.39 Å². The fourth-order valence-corrected chi connectivity index (χ4v) is 3.68. The summed E-state index contributed by atoms with van der Waals surface area (Å²) in [6, 6.07) is 9.44. The lowest BCUT2D eigenvalue weighted by Gasteiger charge is -2.34. The second kappa shape index (κ2) is 11.3. The topological polar surface area (TPSA) is 59.0 Å². The van der Waals surface area contributed by atoms with E-state index in [2.05, 4.69) is 0 Å². The zero-order valence-corrected chi connectivity index (χ0v) is 18.6. The summed E-state index contributed by atoms with van der Waals surface area (Å²) in [6.07, 6.45) is -1.13. The zero-order valence-electron chi connectivity index (χ0n) is 16.3. The van der Waals surface area contributed by atoms with Crippen LogP contribution in [0.15, 0.2) is 36.4 Å². The van der Waals surface area contributed by atoms with Crippen LogP contribution in [0.1, 0.15) is 28.9 Å². The number of ether oxygens (including phenoxy) is 2. The van der Waals surface area contributed by atoms with Crippen molar-refractivity contribution >= 4 is 41.4 Å². The van der Waals surface area contributed by atoms with Crippen molar-refractivity contribution in [2.75, 3.05) is 32.8 Å². The van der Waals surface area contributed by atoms with E-state index in [0.717, 1.165) is 0 Å². The summed E-state index contributed by atoms with van der Waals surface area (Å²) in [5.74, 6) is 0.0208. The lowest BCUT2D eigenvalue weighted by Crippen LogP contribution is -2.43. The minimum Gasteiger partial charge on any atom is -0.491 e. The van der Waals surface area contributed by atoms with Crippen molar-refractivity contribution < 1.29 is 23.8 Å². The number of nitrogens with zero attached hydrogens (tertiary/aromatic N) is 1. The van der Waals surface area contributed by atoms with Crippen molar-refractivity contribution in [1.82, 2.24) is 4.90 Å². The predicted octanol–water partition coefficient (Wildman–Crippen LogP) is 4.57. The maximum absolute atomic E-state index is 13.8. The molecule has 0 spiro atoms. The summed E-state index contributed by atoms with van der Waals surface area (Å²) in [6.45, 7) is 3.52. The highest BCUT2D eigenvalue weighted by Gasteiger charge is 2.26. The minimum absolute atomic E-state index is 0. The number of rotatable bonds is 7. The fraction of sp³-hybridized carbons (Fsp3) is 0.381. The number of morpholine rings is 1. The van der Waals surface area contributed by atoms with E-state index < -0.39 is 18.0 Å². The number of aliphatic hydroxyl groups excluding tert-OH is 1. The van der Waals surface area contributed by atoms with Gasteiger partial charge in [-0.2, -0.15) is 0 Å². The molecule has 1 fully saturated rings. The van der Waals surface area contributed by atoms with Gasteiger partial charge in [0, 0.05) is 35.8 Å². The number of hydrogen-bond acceptors (Lipinski definition) is 5. The number of β-amino-alcohol motifs (C(OH)–C–C–N with tert-alkyl or cyclic N) is 1. The number of carbonyl (C=O) groups is 1. The van der Waals surface area contributed by atoms with Gasteiger partial charge in [-0.05, 0) is 43.3 Å². The Balaban J connectivity index is 0.00000320. The van der Waals surface area contributed by atoms with Gasteiger partial charge in [-0.3, -0.25) is 9.69 Å². The third-order valence-corrected chi connectivity index (χ3v) is 5.33. The molecule has 164 valence electrons. The maximum Gasteiger partial charge on any atom is 0.159 e. The molecule has 30 heavy (non-hydrogen) atoms. The van der Waals surface area contributed by atoms with Gasteiger partial charge < -0.3 is 14.6 Å². The van der Waals surface area contributed by atoms with Crippen molar-refractivity contribution in [3.8, 4) is 5.75 Å². The summed E-state index contributed by atoms with van der Waals surface area (Å²) < 4.78 is 25.2. The first-order valence-electron chi connectivity index (χ1n) is 9.23. The average molecular weight is 479 g/mol. The molecular formula is C21H23Cl3FNO4. The van der Waals surface area contributed by atoms with E-state index >= 15 is 0 Å². The Morgan fingerprint density at radius 1 is 1.30 bits per heavy atom. The standard InChI is InChI=1S/C21H22Cl2FNO4.ClH/c1-13(26)14-2-4-16(5-3-14)29-12-15(27)10-25-6-7-28-21(11-25)17-8-20(24)19(23)9-18(17)22;/h2-5,8-9,15,21,27H,6-7,10-12H2,1H3;1H. The molecule has 2 aromatic rings. The molecule has 1 saturated heterocycles. The zero-order chi connectivity index (χ0) is 21.0. The highest BCUT2D eigenvalue weighted by molar-refractivity contribution is 6.35. The number of Topliss-reactive ketones (excluding diaryl/α,β-unsaturated/α-hetero) is 1. The first-order chi connectivity index (χ1) is 13.8. The fourth-order valence-electron chi connectivity index (χ4n) is 3.17. The molecule has 1 heterocycles. The van der Waals surface area contributed by atoms with Crippen LogP contribution in [0.3, 0.4) is 0 Å². The van der Waals surface area contributed by atoms with Crippen molar-refractivity contribution in [3.05, 3.63) is 63.4 Å². The number of hydrogen-bond donors (Lipinski definition) is 1. The van der Waals surface area contributed by atoms with Crippen LogP contribution in [0, 0.1) is 5.82 Å². The van der Waals surface area contributed by atoms with E-state index in [4.69, 9.17) is 32.7 Å². The lowest BCUT2D eigenvalue weighted by molar-refractivity contribution is -0.0460. The van der Waals surface area contributed by atoms with E-state index in [9.17, 15) is 14.3 Å². The van der Waals surface area contributed by atoms with Gasteiger partial charge in [-0.25, -0.2) is 4.39 Å². The van der Waals surface area contributed by atoms with Gasteiger partial charge in [-0.15, -0.1) is 12.4 Å². The molecule has 3 rings (SSSR count). The lowest BCUT2D eigenvalue weighted by atomic mass is 10.1. The van der Waals surface area contributed by atoms with E-state index in [0.29, 0.717) is 48.1 Å². The molecule has 0 aromatic heterocycles. The average Bonchev–Trinajstić information content (AvgIpc) is 2.69. The molecule has 2 aromatic carbocycles. The van der Waals surface area contributed by atoms with Gasteiger partial charge >= 0.3 is 0 Å². The van der Waals surface area contributed by atoms with E-state index in [1.807, 2.05) is 4.90 Å². The van der Waals surface area contributed by atoms with Gasteiger partial charge in [0.05, 0.1) is 17.7 Å². The maximum atomic E-state index is 13.8. The minimum atomic E-state index is -0.723. The molecule has 2 atom stereocenters. The second-order valence-corrected chi connectivity index (χ2v) is 7.77. The predicted molar refractivity (Wildman–Crippen MR) is 117 cm³/mol. The highest BCUT2D eigenvalue weighted by atomic mass is 35.5. The molecule has 5 nitrogen and oxygen atoms in total. The summed E-state index contributed by atoms with van der Waals surface area (Å²) in [7, 11) is 0. The van der Waals surface area contributed by atoms with Crippen LogP contribution in [0.5, 0.6) is 5.75 Å². The third kappa shape index (κ3) is 6.54. The van der Waals surface area contributed by atoms with E-state index in [1.54, 1.807) is 24.3 Å². The van der Waals surface area contributed by atoms with Gasteiger partial charge in [-0.1, -0.05) is 23.2 Å². The Labute approximate surface area is 191 Å². The van der Waals surface area contributed by atoms with Crippen LogP contribution >= 0.6 is 35.6 Å². The first-order valence-corrected chi connectivity index (χ1v) is 9.99. The van der Waals surface area contributed by atoms with Crippen molar-refractivity contribution in [1.29, 1.82) is 0 Å². The molecule has 0 amide bonds. The second-order valence-electron chi connectivity index (χ2n) is 6.95. The summed E-state index contributed by atoms with van der Waals surface area (Å²) in [5.41, 5.74) is 1.14. The number of benzene rings is 2. The van der Waals surface area contributed by atoms with Crippen LogP contribution in [0.25, 0.3) is 0 Å². The summed E-state index contributed by atoms with van der Waals surface area (Å²) in [5, 5.41) is 10.6. The smallest absolute Gasteiger partial charge is 0.159 e. The van der Waals surface area contributed by atoms with Crippen LogP contribution in [-0.4, -0.2) is 54.7 Å². The molecular weight excluding hydrogens is 456 g/mol. The Kier molecular flexibility index (Phi) is 9.34. The highest BCUT2D eigenvalue weighted by Crippen LogP contribution is 2.32. The Hall–Kier alpha value is -1.41. The molecule has 0 radical (unpaired) electrons. The molecule has 1 aliphatic heterocycles. The largest absolute Gasteiger partial charge is 0.491 e. The number of halogens is 4. The van der Waals surface area contributed by atoms with E-state index in [1.165, 1.54) is 19.1 Å². The van der Waals surface area contributed by atoms with Crippen LogP contribution in [0.2, 0.25) is 10.0 Å². The Bertz CT molecular complexity index is 866. The first kappa shape index (κ1) is 24.9. The molecule has 0 saturated carbocycles. The van der Waals surface area contributed by atoms with Gasteiger partial charge in [0.25, 0.3) is 0 Å². The Morgan fingerprint density at radius 2 is 2.00 bits per heavy atom. The monoisotopic (exact) mass is 477 g/mol. The molecule has 9 heteroatoms. The van der Waals surface area contributed by atoms with Crippen molar-refractivity contribution in [2.24, 2.45) is 0 Å². The number of aliphatic hydroxyl groups is 1. The van der Waals surface area contributed by atoms with Gasteiger partial charge in [0.2, 0.25) is 0 Å². The van der Waals surface area contributed by atoms with Gasteiger partial charge in [0.1, 0.15) is 24.3 Å². The van der Waals surface area contributed by atoms with E-state index in [-0.39, 0.29) is 29.8 Å². The quantitative estimate of drug-likeness (QED) is 0.467. The Morgan fingerprint density at radius 3 is 2.67 bits per heavy atom. The van der Waals surface area contributed by atoms with Crippen LogP contribution < -0.4 is 4.74 Å². The molecule has 1 aliphatic rings. The molecule has 0 bridgehead atoms. The third-order valence-electron chi connectivity index (χ3n) is 4.71. The van der Waals surface area contributed by atoms with Crippen LogP contribution in [-0.2, 0) is 4.74 Å².